The average molecular weight is 414 g/mol. The van der Waals surface area contributed by atoms with Crippen LogP contribution in [-0.2, 0) is 9.68 Å². The summed E-state index contributed by atoms with van der Waals surface area (Å²) >= 11 is 0. The van der Waals surface area contributed by atoms with E-state index in [0.717, 1.165) is 70.6 Å². The van der Waals surface area contributed by atoms with E-state index in [0.29, 0.717) is 6.54 Å². The third-order valence-electron chi connectivity index (χ3n) is 7.89. The van der Waals surface area contributed by atoms with E-state index in [4.69, 9.17) is 10.6 Å². The summed E-state index contributed by atoms with van der Waals surface area (Å²) in [5.41, 5.74) is 5.82. The van der Waals surface area contributed by atoms with Crippen molar-refractivity contribution in [2.75, 3.05) is 13.2 Å². The molecule has 0 aromatic carbocycles. The minimum Gasteiger partial charge on any atom is -0.330 e. The fourth-order valence-corrected chi connectivity index (χ4v) is 8.43. The molecule has 4 aliphatic rings. The second kappa shape index (κ2) is 7.89. The van der Waals surface area contributed by atoms with Crippen LogP contribution in [0.1, 0.15) is 84.5 Å². The first-order valence-electron chi connectivity index (χ1n) is 10.9. The Morgan fingerprint density at radius 3 is 1.72 bits per heavy atom. The van der Waals surface area contributed by atoms with Gasteiger partial charge in [-0.25, -0.2) is 0 Å². The van der Waals surface area contributed by atoms with Crippen molar-refractivity contribution >= 4 is 0 Å². The summed E-state index contributed by atoms with van der Waals surface area (Å²) in [5, 5.41) is 20.5. The van der Waals surface area contributed by atoms with Gasteiger partial charge in [0.05, 0.1) is 0 Å². The Hall–Kier alpha value is -1.64. The molecule has 0 aromatic rings. The van der Waals surface area contributed by atoms with Crippen LogP contribution in [0.15, 0.2) is 0 Å². The molecule has 0 amide bonds. The second-order valence-electron chi connectivity index (χ2n) is 10.3. The van der Waals surface area contributed by atoms with E-state index in [-0.39, 0.29) is 16.2 Å². The fourth-order valence-electron chi connectivity index (χ4n) is 8.43. The number of nitrogens with zero attached hydrogens (tertiary/aromatic N) is 2. The lowest BCUT2D eigenvalue weighted by molar-refractivity contribution is -0.794. The molecule has 0 aliphatic heterocycles. The van der Waals surface area contributed by atoms with Crippen molar-refractivity contribution < 1.29 is 19.8 Å². The van der Waals surface area contributed by atoms with E-state index >= 15 is 0 Å². The Balaban J connectivity index is 2.05. The molecule has 0 aromatic heterocycles. The molecule has 4 rings (SSSR count). The van der Waals surface area contributed by atoms with Crippen LogP contribution in [0.4, 0.5) is 0 Å². The molecule has 9 nitrogen and oxygen atoms in total. The number of nitrogens with two attached hydrogens (primary N) is 1. The number of hydrogen-bond donors (Lipinski definition) is 1. The van der Waals surface area contributed by atoms with Gasteiger partial charge in [0.15, 0.2) is 0 Å². The van der Waals surface area contributed by atoms with Crippen molar-refractivity contribution in [1.29, 1.82) is 0 Å². The standard InChI is InChI=1S/C20H35N3O6/c1-3-5-17-10-18(6-4-2)12-19(11-17,7-8-21)15-20(13-17,14-18)16(29-23(26)27)9-28-22(24)25/h16H,3-15,21H2,1-2H3. The predicted octanol–water partition coefficient (Wildman–Crippen LogP) is 4.05. The van der Waals surface area contributed by atoms with Crippen molar-refractivity contribution in [3.05, 3.63) is 20.2 Å². The first-order valence-corrected chi connectivity index (χ1v) is 10.9. The van der Waals surface area contributed by atoms with Crippen LogP contribution >= 0.6 is 0 Å². The second-order valence-corrected chi connectivity index (χ2v) is 10.3. The first-order chi connectivity index (χ1) is 13.7. The van der Waals surface area contributed by atoms with Gasteiger partial charge in [0.1, 0.15) is 12.7 Å². The van der Waals surface area contributed by atoms with E-state index in [2.05, 4.69) is 18.7 Å². The molecular formula is C20H35N3O6. The maximum absolute atomic E-state index is 11.3. The van der Waals surface area contributed by atoms with Gasteiger partial charge in [-0.1, -0.05) is 26.7 Å². The van der Waals surface area contributed by atoms with Crippen LogP contribution in [0.2, 0.25) is 0 Å². The molecule has 4 bridgehead atoms. The molecule has 0 radical (unpaired) electrons. The summed E-state index contributed by atoms with van der Waals surface area (Å²) in [6, 6.07) is 0. The van der Waals surface area contributed by atoms with Crippen LogP contribution in [0.25, 0.3) is 0 Å². The van der Waals surface area contributed by atoms with Gasteiger partial charge in [0, 0.05) is 5.41 Å². The quantitative estimate of drug-likeness (QED) is 0.377. The van der Waals surface area contributed by atoms with Gasteiger partial charge in [-0.05, 0) is 80.6 Å². The summed E-state index contributed by atoms with van der Waals surface area (Å²) in [6.07, 6.45) is 10.1. The van der Waals surface area contributed by atoms with Gasteiger partial charge < -0.3 is 15.4 Å². The Kier molecular flexibility index (Phi) is 6.00. The molecule has 0 heterocycles. The molecule has 0 saturated heterocycles. The summed E-state index contributed by atoms with van der Waals surface area (Å²) in [5.74, 6) is 0. The highest BCUT2D eigenvalue weighted by atomic mass is 17.0. The fraction of sp³-hybridized carbons (Fsp3) is 1.00. The normalized spacial score (nSPS) is 38.6. The molecule has 3 unspecified atom stereocenters. The summed E-state index contributed by atoms with van der Waals surface area (Å²) < 4.78 is 0. The van der Waals surface area contributed by atoms with Crippen LogP contribution in [0.3, 0.4) is 0 Å². The third kappa shape index (κ3) is 4.15. The van der Waals surface area contributed by atoms with Gasteiger partial charge in [-0.15, -0.1) is 20.2 Å². The molecule has 2 N–H and O–H groups in total. The molecule has 3 atom stereocenters. The lowest BCUT2D eigenvalue weighted by Gasteiger charge is -2.72. The average Bonchev–Trinajstić information content (AvgIpc) is 2.56. The largest absolute Gasteiger partial charge is 0.330 e. The molecule has 0 spiro atoms. The molecule has 4 saturated carbocycles. The molecular weight excluding hydrogens is 378 g/mol. The van der Waals surface area contributed by atoms with Crippen LogP contribution in [0.5, 0.6) is 0 Å². The summed E-state index contributed by atoms with van der Waals surface area (Å²) in [6.45, 7) is 4.58. The molecule has 166 valence electrons. The van der Waals surface area contributed by atoms with Gasteiger partial charge >= 0.3 is 0 Å². The van der Waals surface area contributed by atoms with E-state index in [1.54, 1.807) is 0 Å². The summed E-state index contributed by atoms with van der Waals surface area (Å²) in [7, 11) is 0. The molecule has 29 heavy (non-hydrogen) atoms. The van der Waals surface area contributed by atoms with Crippen LogP contribution in [-0.4, -0.2) is 29.4 Å². The zero-order valence-corrected chi connectivity index (χ0v) is 17.7. The number of hydrogen-bond acceptors (Lipinski definition) is 7. The monoisotopic (exact) mass is 413 g/mol. The maximum Gasteiger partial charge on any atom is 0.294 e. The zero-order valence-electron chi connectivity index (χ0n) is 17.7. The topological polar surface area (TPSA) is 131 Å². The van der Waals surface area contributed by atoms with E-state index < -0.39 is 28.3 Å². The SMILES string of the molecule is CCCC12CC3(CCC)CC(CCN)(C1)CC(C(CO[N+](=O)[O-])O[N+](=O)[O-])(C2)C3. The van der Waals surface area contributed by atoms with Crippen LogP contribution in [0, 0.1) is 41.9 Å². The Labute approximate surface area is 171 Å². The highest BCUT2D eigenvalue weighted by molar-refractivity contribution is 5.18. The molecule has 4 aliphatic carbocycles. The smallest absolute Gasteiger partial charge is 0.294 e. The van der Waals surface area contributed by atoms with Gasteiger partial charge in [-0.2, -0.15) is 0 Å². The Bertz CT molecular complexity index is 579. The maximum atomic E-state index is 11.3. The Morgan fingerprint density at radius 2 is 1.34 bits per heavy atom. The third-order valence-corrected chi connectivity index (χ3v) is 7.89. The summed E-state index contributed by atoms with van der Waals surface area (Å²) in [4.78, 5) is 31.9. The van der Waals surface area contributed by atoms with Crippen molar-refractivity contribution in [2.24, 2.45) is 27.4 Å². The molecule has 9 heteroatoms. The van der Waals surface area contributed by atoms with Gasteiger partial charge in [0.2, 0.25) is 0 Å². The van der Waals surface area contributed by atoms with E-state index in [1.165, 1.54) is 0 Å². The lowest BCUT2D eigenvalue weighted by Crippen LogP contribution is -2.65. The minimum atomic E-state index is -0.923. The lowest BCUT2D eigenvalue weighted by atomic mass is 9.33. The predicted molar refractivity (Wildman–Crippen MR) is 106 cm³/mol. The van der Waals surface area contributed by atoms with Gasteiger partial charge in [0.25, 0.3) is 10.2 Å². The van der Waals surface area contributed by atoms with Gasteiger partial charge in [-0.3, -0.25) is 0 Å². The van der Waals surface area contributed by atoms with Crippen molar-refractivity contribution in [3.63, 3.8) is 0 Å². The Morgan fingerprint density at radius 1 is 0.862 bits per heavy atom. The van der Waals surface area contributed by atoms with Crippen LogP contribution < -0.4 is 5.73 Å². The van der Waals surface area contributed by atoms with E-state index in [1.807, 2.05) is 0 Å². The first kappa shape index (κ1) is 22.1. The molecule has 4 fully saturated rings. The zero-order chi connectivity index (χ0) is 21.3. The highest BCUT2D eigenvalue weighted by Gasteiger charge is 2.69. The minimum absolute atomic E-state index is 0.0423. The van der Waals surface area contributed by atoms with E-state index in [9.17, 15) is 20.2 Å². The van der Waals surface area contributed by atoms with Crippen molar-refractivity contribution in [1.82, 2.24) is 0 Å². The highest BCUT2D eigenvalue weighted by Crippen LogP contribution is 2.77. The van der Waals surface area contributed by atoms with Crippen molar-refractivity contribution in [3.8, 4) is 0 Å². The number of rotatable bonds is 12. The van der Waals surface area contributed by atoms with Crippen molar-refractivity contribution in [2.45, 2.75) is 90.6 Å².